The predicted octanol–water partition coefficient (Wildman–Crippen LogP) is 2.72. The number of methoxy groups -OCH3 is 1. The predicted molar refractivity (Wildman–Crippen MR) is 123 cm³/mol. The summed E-state index contributed by atoms with van der Waals surface area (Å²) in [7, 11) is 1.56. The molecule has 1 atom stereocenters. The number of ether oxygens (including phenoxy) is 2. The van der Waals surface area contributed by atoms with E-state index in [1.807, 2.05) is 19.1 Å². The molecule has 1 aromatic heterocycles. The van der Waals surface area contributed by atoms with E-state index in [1.54, 1.807) is 68.0 Å². The van der Waals surface area contributed by atoms with Crippen LogP contribution in [0.3, 0.4) is 0 Å². The molecular formula is C27H26N2O5. The summed E-state index contributed by atoms with van der Waals surface area (Å²) < 4.78 is 10.8. The normalized spacial score (nSPS) is 17.1. The number of nitrogens with one attached hydrogen (secondary N) is 1. The maximum Gasteiger partial charge on any atom is 0.295 e. The van der Waals surface area contributed by atoms with E-state index in [9.17, 15) is 14.7 Å². The summed E-state index contributed by atoms with van der Waals surface area (Å²) in [6.07, 6.45) is 4.39. The van der Waals surface area contributed by atoms with Crippen molar-refractivity contribution in [1.29, 1.82) is 0 Å². The molecule has 1 fully saturated rings. The van der Waals surface area contributed by atoms with Crippen molar-refractivity contribution >= 4 is 17.4 Å². The molecular weight excluding hydrogens is 432 g/mol. The van der Waals surface area contributed by atoms with Gasteiger partial charge >= 0.3 is 0 Å². The van der Waals surface area contributed by atoms with Crippen molar-refractivity contribution < 1.29 is 29.2 Å². The molecule has 3 aromatic rings. The Morgan fingerprint density at radius 3 is 2.35 bits per heavy atom. The summed E-state index contributed by atoms with van der Waals surface area (Å²) in [5.74, 6) is -0.665. The largest absolute Gasteiger partial charge is 0.872 e. The van der Waals surface area contributed by atoms with Gasteiger partial charge in [-0.2, -0.15) is 0 Å². The molecule has 7 nitrogen and oxygen atoms in total. The van der Waals surface area contributed by atoms with Crippen LogP contribution in [0.25, 0.3) is 5.76 Å². The number of likely N-dealkylation sites (tertiary alicyclic amines) is 1. The zero-order valence-electron chi connectivity index (χ0n) is 19.1. The van der Waals surface area contributed by atoms with Crippen LogP contribution < -0.4 is 19.6 Å². The van der Waals surface area contributed by atoms with E-state index in [-0.39, 0.29) is 12.1 Å². The van der Waals surface area contributed by atoms with Crippen LogP contribution >= 0.6 is 0 Å². The monoisotopic (exact) mass is 458 g/mol. The number of carbonyl (C=O) groups excluding carboxylic acids is 2. The third-order valence-electron chi connectivity index (χ3n) is 5.67. The summed E-state index contributed by atoms with van der Waals surface area (Å²) in [4.78, 5) is 30.6. The zero-order chi connectivity index (χ0) is 24.1. The first-order valence-electron chi connectivity index (χ1n) is 11.1. The number of ketones is 1. The molecule has 1 aliphatic heterocycles. The molecule has 1 amide bonds. The molecule has 4 rings (SSSR count). The molecule has 1 saturated heterocycles. The highest BCUT2D eigenvalue weighted by Crippen LogP contribution is 2.40. The molecule has 1 aliphatic rings. The summed E-state index contributed by atoms with van der Waals surface area (Å²) in [5, 5.41) is 13.5. The number of hydrogen-bond donors (Lipinski definition) is 0. The Hall–Kier alpha value is -4.13. The van der Waals surface area contributed by atoms with Gasteiger partial charge in [-0.15, -0.1) is 0 Å². The van der Waals surface area contributed by atoms with Gasteiger partial charge in [0.2, 0.25) is 5.78 Å². The molecule has 0 saturated carbocycles. The van der Waals surface area contributed by atoms with Gasteiger partial charge in [0.25, 0.3) is 5.91 Å². The second-order valence-electron chi connectivity index (χ2n) is 7.97. The van der Waals surface area contributed by atoms with Gasteiger partial charge in [-0.1, -0.05) is 36.9 Å². The highest BCUT2D eigenvalue weighted by molar-refractivity contribution is 6.46. The highest BCUT2D eigenvalue weighted by Gasteiger charge is 2.44. The lowest BCUT2D eigenvalue weighted by molar-refractivity contribution is -0.378. The smallest absolute Gasteiger partial charge is 0.295 e. The van der Waals surface area contributed by atoms with E-state index in [1.165, 1.54) is 4.90 Å². The van der Waals surface area contributed by atoms with Gasteiger partial charge in [0.15, 0.2) is 12.4 Å². The Kier molecular flexibility index (Phi) is 6.92. The van der Waals surface area contributed by atoms with Crippen molar-refractivity contribution in [2.45, 2.75) is 25.9 Å². The molecule has 1 N–H and O–H groups in total. The number of H-pyrrole nitrogens is 1. The average Bonchev–Trinajstić information content (AvgIpc) is 3.13. The fourth-order valence-corrected chi connectivity index (χ4v) is 3.97. The third kappa shape index (κ3) is 4.64. The van der Waals surface area contributed by atoms with Crippen LogP contribution in [0.4, 0.5) is 0 Å². The Labute approximate surface area is 198 Å². The first-order chi connectivity index (χ1) is 16.5. The van der Waals surface area contributed by atoms with Gasteiger partial charge in [0.1, 0.15) is 11.5 Å². The number of hydrogen-bond acceptors (Lipinski definition) is 5. The Bertz CT molecular complexity index is 1190. The number of Topliss-reactive ketones (excluding diaryl/α,β-unsaturated/α-hetero) is 1. The minimum atomic E-state index is -0.811. The van der Waals surface area contributed by atoms with E-state index >= 15 is 0 Å². The van der Waals surface area contributed by atoms with E-state index in [0.29, 0.717) is 29.2 Å². The van der Waals surface area contributed by atoms with Crippen molar-refractivity contribution in [3.8, 4) is 11.5 Å². The molecule has 174 valence electrons. The standard InChI is InChI=1S/C27H26N2O5/c1-3-15-34-22-12-8-20(9-13-22)25(30)23-24(19-6-10-21(33-2)11-7-19)29(27(32)26(23)31)17-18-5-4-14-28-16-18/h4-14,16,24,30H,3,15,17H2,1-2H3. The van der Waals surface area contributed by atoms with Gasteiger partial charge in [0.05, 0.1) is 26.3 Å². The van der Waals surface area contributed by atoms with Crippen LogP contribution in [0.1, 0.15) is 36.1 Å². The molecule has 2 heterocycles. The lowest BCUT2D eigenvalue weighted by Gasteiger charge is -2.27. The number of amides is 1. The quantitative estimate of drug-likeness (QED) is 0.294. The first-order valence-corrected chi connectivity index (χ1v) is 11.1. The fraction of sp³-hybridized carbons (Fsp3) is 0.222. The van der Waals surface area contributed by atoms with Gasteiger partial charge in [-0.25, -0.2) is 4.98 Å². The lowest BCUT2D eigenvalue weighted by Crippen LogP contribution is -2.29. The van der Waals surface area contributed by atoms with Crippen LogP contribution in [0.2, 0.25) is 0 Å². The summed E-state index contributed by atoms with van der Waals surface area (Å²) in [6, 6.07) is 16.5. The van der Waals surface area contributed by atoms with Gasteiger partial charge < -0.3 is 19.5 Å². The number of nitrogens with zero attached hydrogens (tertiary/aromatic N) is 1. The summed E-state index contributed by atoms with van der Waals surface area (Å²) in [6.45, 7) is 2.76. The summed E-state index contributed by atoms with van der Waals surface area (Å²) in [5.41, 5.74) is 1.74. The number of pyridine rings is 1. The molecule has 34 heavy (non-hydrogen) atoms. The van der Waals surface area contributed by atoms with E-state index in [2.05, 4.69) is 4.98 Å². The SMILES string of the molecule is CCCOc1ccc(C([O-])=C2C(=O)C(=O)N(Cc3ccc[nH+]c3)C2c2ccc(OC)cc2)cc1. The van der Waals surface area contributed by atoms with Gasteiger partial charge in [0, 0.05) is 17.2 Å². The van der Waals surface area contributed by atoms with Gasteiger partial charge in [-0.05, 0) is 47.9 Å². The maximum absolute atomic E-state index is 13.5. The summed E-state index contributed by atoms with van der Waals surface area (Å²) >= 11 is 0. The molecule has 1 unspecified atom stereocenters. The second kappa shape index (κ2) is 10.2. The van der Waals surface area contributed by atoms with Crippen LogP contribution in [0.15, 0.2) is 78.6 Å². The fourth-order valence-electron chi connectivity index (χ4n) is 3.97. The number of rotatable bonds is 8. The highest BCUT2D eigenvalue weighted by atomic mass is 16.5. The lowest BCUT2D eigenvalue weighted by atomic mass is 9.95. The minimum Gasteiger partial charge on any atom is -0.872 e. The molecule has 2 aromatic carbocycles. The zero-order valence-corrected chi connectivity index (χ0v) is 19.1. The number of aromatic nitrogens is 1. The average molecular weight is 459 g/mol. The molecule has 0 bridgehead atoms. The second-order valence-corrected chi connectivity index (χ2v) is 7.97. The van der Waals surface area contributed by atoms with Crippen LogP contribution in [0.5, 0.6) is 11.5 Å². The maximum atomic E-state index is 13.5. The van der Waals surface area contributed by atoms with Crippen LogP contribution in [0, 0.1) is 0 Å². The van der Waals surface area contributed by atoms with Crippen LogP contribution in [-0.2, 0) is 16.1 Å². The molecule has 0 radical (unpaired) electrons. The molecule has 0 spiro atoms. The number of aromatic amines is 1. The Morgan fingerprint density at radius 2 is 1.74 bits per heavy atom. The van der Waals surface area contributed by atoms with E-state index < -0.39 is 23.5 Å². The van der Waals surface area contributed by atoms with Crippen molar-refractivity contribution in [3.63, 3.8) is 0 Å². The topological polar surface area (TPSA) is 93.0 Å². The van der Waals surface area contributed by atoms with Crippen molar-refractivity contribution in [2.24, 2.45) is 0 Å². The van der Waals surface area contributed by atoms with E-state index in [0.717, 1.165) is 12.0 Å². The first kappa shape index (κ1) is 23.0. The van der Waals surface area contributed by atoms with Crippen LogP contribution in [-0.4, -0.2) is 30.3 Å². The van der Waals surface area contributed by atoms with Crippen molar-refractivity contribution in [3.05, 3.63) is 95.3 Å². The third-order valence-corrected chi connectivity index (χ3v) is 5.67. The Morgan fingerprint density at radius 1 is 1.03 bits per heavy atom. The molecule has 0 aliphatic carbocycles. The van der Waals surface area contributed by atoms with Gasteiger partial charge in [-0.3, -0.25) is 9.59 Å². The van der Waals surface area contributed by atoms with E-state index in [4.69, 9.17) is 9.47 Å². The molecule has 7 heteroatoms. The van der Waals surface area contributed by atoms with Crippen molar-refractivity contribution in [2.75, 3.05) is 13.7 Å². The minimum absolute atomic E-state index is 0.0581. The van der Waals surface area contributed by atoms with Crippen molar-refractivity contribution in [1.82, 2.24) is 4.90 Å². The number of benzene rings is 2. The Balaban J connectivity index is 1.78. The number of carbonyl (C=O) groups is 2.